The Morgan fingerprint density at radius 3 is 2.35 bits per heavy atom. The van der Waals surface area contributed by atoms with Gasteiger partial charge in [-0.3, -0.25) is 14.9 Å². The smallest absolute Gasteiger partial charge is 0.342 e. The van der Waals surface area contributed by atoms with Gasteiger partial charge in [0.15, 0.2) is 5.58 Å². The van der Waals surface area contributed by atoms with Gasteiger partial charge >= 0.3 is 11.9 Å². The van der Waals surface area contributed by atoms with E-state index >= 15 is 0 Å². The van der Waals surface area contributed by atoms with Crippen LogP contribution in [0.15, 0.2) is 39.5 Å². The maximum absolute atomic E-state index is 12.7. The molecule has 9 nitrogen and oxygen atoms in total. The summed E-state index contributed by atoms with van der Waals surface area (Å²) < 4.78 is 14.9. The van der Waals surface area contributed by atoms with Crippen LogP contribution in [0.4, 0.5) is 5.69 Å². The summed E-state index contributed by atoms with van der Waals surface area (Å²) in [5, 5.41) is 10.9. The van der Waals surface area contributed by atoms with Gasteiger partial charge in [-0.1, -0.05) is 0 Å². The van der Waals surface area contributed by atoms with Gasteiger partial charge < -0.3 is 13.9 Å². The molecule has 9 heteroatoms. The lowest BCUT2D eigenvalue weighted by Gasteiger charge is -2.09. The van der Waals surface area contributed by atoms with E-state index in [1.165, 1.54) is 24.3 Å². The summed E-state index contributed by atoms with van der Waals surface area (Å²) in [7, 11) is 2.26. The number of hydrogen-bond acceptors (Lipinski definition) is 8. The van der Waals surface area contributed by atoms with Crippen molar-refractivity contribution in [3.05, 3.63) is 61.8 Å². The number of fused-ring (bicyclic) bond motifs is 2. The van der Waals surface area contributed by atoms with Gasteiger partial charge in [0.1, 0.15) is 11.1 Å². The van der Waals surface area contributed by atoms with Gasteiger partial charge in [0, 0.05) is 12.1 Å². The minimum Gasteiger partial charge on any atom is -0.465 e. The number of non-ortho nitro benzene ring substituents is 1. The molecule has 0 amide bonds. The van der Waals surface area contributed by atoms with Crippen molar-refractivity contribution < 1.29 is 28.4 Å². The molecule has 1 heterocycles. The molecule has 0 N–H and O–H groups in total. The van der Waals surface area contributed by atoms with E-state index in [2.05, 4.69) is 9.47 Å². The van der Waals surface area contributed by atoms with Gasteiger partial charge in [0.2, 0.25) is 5.43 Å². The minimum absolute atomic E-state index is 0.0201. The fourth-order valence-corrected chi connectivity index (χ4v) is 2.61. The van der Waals surface area contributed by atoms with Crippen LogP contribution in [-0.2, 0) is 9.47 Å². The predicted molar refractivity (Wildman–Crippen MR) is 89.3 cm³/mol. The molecule has 0 spiro atoms. The second kappa shape index (κ2) is 6.28. The molecular formula is C17H11NO8. The quantitative estimate of drug-likeness (QED) is 0.303. The number of nitro benzene ring substituents is 1. The maximum Gasteiger partial charge on any atom is 0.342 e. The van der Waals surface area contributed by atoms with E-state index in [1.807, 2.05) is 0 Å². The van der Waals surface area contributed by atoms with Gasteiger partial charge in [0.25, 0.3) is 5.69 Å². The summed E-state index contributed by atoms with van der Waals surface area (Å²) in [5.74, 6) is -1.70. The van der Waals surface area contributed by atoms with Crippen LogP contribution in [0.2, 0.25) is 0 Å². The van der Waals surface area contributed by atoms with Crippen molar-refractivity contribution in [2.24, 2.45) is 0 Å². The molecule has 0 radical (unpaired) electrons. The number of rotatable bonds is 3. The number of esters is 2. The number of methoxy groups -OCH3 is 2. The van der Waals surface area contributed by atoms with Crippen molar-refractivity contribution in [2.75, 3.05) is 14.2 Å². The van der Waals surface area contributed by atoms with Crippen LogP contribution in [0.5, 0.6) is 0 Å². The maximum atomic E-state index is 12.7. The van der Waals surface area contributed by atoms with E-state index < -0.39 is 22.3 Å². The third kappa shape index (κ3) is 2.55. The molecule has 3 aromatic rings. The molecule has 3 rings (SSSR count). The van der Waals surface area contributed by atoms with Gasteiger partial charge in [-0.25, -0.2) is 9.59 Å². The number of hydrogen-bond donors (Lipinski definition) is 0. The molecule has 0 aliphatic carbocycles. The van der Waals surface area contributed by atoms with Gasteiger partial charge in [-0.15, -0.1) is 0 Å². The third-order valence-electron chi connectivity index (χ3n) is 3.83. The molecule has 0 saturated carbocycles. The summed E-state index contributed by atoms with van der Waals surface area (Å²) in [6.45, 7) is 0. The van der Waals surface area contributed by atoms with Crippen LogP contribution in [0, 0.1) is 10.1 Å². The lowest BCUT2D eigenvalue weighted by Crippen LogP contribution is -2.14. The summed E-state index contributed by atoms with van der Waals surface area (Å²) >= 11 is 0. The molecule has 1 aromatic heterocycles. The number of benzene rings is 2. The first-order valence-electron chi connectivity index (χ1n) is 7.23. The van der Waals surface area contributed by atoms with Crippen LogP contribution in [0.3, 0.4) is 0 Å². The lowest BCUT2D eigenvalue weighted by atomic mass is 10.0. The Morgan fingerprint density at radius 1 is 1.04 bits per heavy atom. The highest BCUT2D eigenvalue weighted by molar-refractivity contribution is 6.12. The summed E-state index contributed by atoms with van der Waals surface area (Å²) in [6.07, 6.45) is 0. The number of ether oxygens (including phenoxy) is 2. The van der Waals surface area contributed by atoms with Gasteiger partial charge in [-0.05, 0) is 18.2 Å². The summed E-state index contributed by atoms with van der Waals surface area (Å²) in [4.78, 5) is 47.1. The Balaban J connectivity index is 2.47. The normalized spacial score (nSPS) is 10.7. The molecule has 0 atom stereocenters. The summed E-state index contributed by atoms with van der Waals surface area (Å²) in [5.41, 5.74) is -1.37. The predicted octanol–water partition coefficient (Wildman–Crippen LogP) is 2.43. The van der Waals surface area contributed by atoms with Crippen LogP contribution < -0.4 is 5.43 Å². The number of carbonyl (C=O) groups is 2. The SMILES string of the molecule is COC(=O)c1ccc2c(=O)c3cc([N+](=O)[O-])ccc3oc2c1C(=O)OC. The largest absolute Gasteiger partial charge is 0.465 e. The highest BCUT2D eigenvalue weighted by atomic mass is 16.6. The van der Waals surface area contributed by atoms with E-state index in [4.69, 9.17) is 4.42 Å². The molecule has 2 aromatic carbocycles. The average Bonchev–Trinajstić information content (AvgIpc) is 2.65. The van der Waals surface area contributed by atoms with Crippen molar-refractivity contribution in [1.82, 2.24) is 0 Å². The van der Waals surface area contributed by atoms with Crippen molar-refractivity contribution in [2.45, 2.75) is 0 Å². The van der Waals surface area contributed by atoms with Crippen molar-refractivity contribution in [3.8, 4) is 0 Å². The van der Waals surface area contributed by atoms with Crippen LogP contribution >= 0.6 is 0 Å². The lowest BCUT2D eigenvalue weighted by molar-refractivity contribution is -0.384. The van der Waals surface area contributed by atoms with E-state index in [1.54, 1.807) is 0 Å². The summed E-state index contributed by atoms with van der Waals surface area (Å²) in [6, 6.07) is 6.03. The Kier molecular flexibility index (Phi) is 4.13. The molecule has 26 heavy (non-hydrogen) atoms. The molecule has 0 saturated heterocycles. The molecular weight excluding hydrogens is 346 g/mol. The zero-order valence-electron chi connectivity index (χ0n) is 13.6. The fourth-order valence-electron chi connectivity index (χ4n) is 2.61. The van der Waals surface area contributed by atoms with E-state index in [9.17, 15) is 24.5 Å². The highest BCUT2D eigenvalue weighted by Crippen LogP contribution is 2.27. The molecule has 0 unspecified atom stereocenters. The average molecular weight is 357 g/mol. The zero-order valence-corrected chi connectivity index (χ0v) is 13.6. The molecule has 0 fully saturated rings. The Morgan fingerprint density at radius 2 is 1.73 bits per heavy atom. The van der Waals surface area contributed by atoms with E-state index in [-0.39, 0.29) is 38.8 Å². The number of carbonyl (C=O) groups excluding carboxylic acids is 2. The van der Waals surface area contributed by atoms with E-state index in [0.29, 0.717) is 0 Å². The molecule has 0 aliphatic rings. The standard InChI is InChI=1S/C17H11NO8/c1-24-16(20)9-4-5-10-14(19)11-7-8(18(22)23)3-6-12(11)26-15(10)13(9)17(21)25-2/h3-7H,1-2H3. The monoisotopic (exact) mass is 357 g/mol. The van der Waals surface area contributed by atoms with Crippen LogP contribution in [0.25, 0.3) is 21.9 Å². The minimum atomic E-state index is -0.889. The van der Waals surface area contributed by atoms with Crippen LogP contribution in [-0.4, -0.2) is 31.1 Å². The van der Waals surface area contributed by atoms with Crippen molar-refractivity contribution in [1.29, 1.82) is 0 Å². The second-order valence-corrected chi connectivity index (χ2v) is 5.22. The second-order valence-electron chi connectivity index (χ2n) is 5.22. The van der Waals surface area contributed by atoms with Gasteiger partial charge in [0.05, 0.1) is 35.5 Å². The van der Waals surface area contributed by atoms with Crippen molar-refractivity contribution >= 4 is 39.6 Å². The van der Waals surface area contributed by atoms with Gasteiger partial charge in [-0.2, -0.15) is 0 Å². The molecule has 0 bridgehead atoms. The van der Waals surface area contributed by atoms with E-state index in [0.717, 1.165) is 20.3 Å². The Hall–Kier alpha value is -3.75. The van der Waals surface area contributed by atoms with Crippen LogP contribution in [0.1, 0.15) is 20.7 Å². The third-order valence-corrected chi connectivity index (χ3v) is 3.83. The topological polar surface area (TPSA) is 126 Å². The van der Waals surface area contributed by atoms with Crippen molar-refractivity contribution in [3.63, 3.8) is 0 Å². The highest BCUT2D eigenvalue weighted by Gasteiger charge is 2.25. The number of nitrogens with zero attached hydrogens (tertiary/aromatic N) is 1. The first-order chi connectivity index (χ1) is 12.4. The zero-order chi connectivity index (χ0) is 19.0. The Bertz CT molecular complexity index is 1140. The Labute approximate surface area is 144 Å². The first kappa shape index (κ1) is 17.1. The molecule has 132 valence electrons. The first-order valence-corrected chi connectivity index (χ1v) is 7.23. The number of nitro groups is 1. The fraction of sp³-hybridized carbons (Fsp3) is 0.118. The molecule has 0 aliphatic heterocycles.